The van der Waals surface area contributed by atoms with Gasteiger partial charge >= 0.3 is 6.03 Å². The van der Waals surface area contributed by atoms with Crippen LogP contribution < -0.4 is 27.0 Å². The summed E-state index contributed by atoms with van der Waals surface area (Å²) >= 11 is 7.68. The molecule has 0 spiro atoms. The number of halogens is 1. The molecule has 0 aromatic heterocycles. The van der Waals surface area contributed by atoms with Crippen molar-refractivity contribution in [2.45, 2.75) is 35.4 Å². The summed E-state index contributed by atoms with van der Waals surface area (Å²) in [6.07, 6.45) is 0.770. The molecular weight excluding hydrogens is 510 g/mol. The van der Waals surface area contributed by atoms with Gasteiger partial charge in [-0.3, -0.25) is 9.59 Å². The second-order valence-corrected chi connectivity index (χ2v) is 10.2. The SMILES string of the molecule is NCCOCCOCCOCC[C@H](SC1NC(=O)NCC1Cl)C(=O)NCc1ccc2c(c1)CC(=O)N2. The van der Waals surface area contributed by atoms with Crippen molar-refractivity contribution in [3.05, 3.63) is 29.3 Å². The number of anilines is 1. The molecule has 0 saturated carbocycles. The lowest BCUT2D eigenvalue weighted by atomic mass is 10.1. The van der Waals surface area contributed by atoms with E-state index in [0.717, 1.165) is 16.8 Å². The summed E-state index contributed by atoms with van der Waals surface area (Å²) in [6, 6.07) is 5.32. The normalized spacial score (nSPS) is 19.7. The molecule has 2 heterocycles. The summed E-state index contributed by atoms with van der Waals surface area (Å²) < 4.78 is 16.3. The summed E-state index contributed by atoms with van der Waals surface area (Å²) in [5.74, 6) is -0.212. The maximum absolute atomic E-state index is 13.1. The van der Waals surface area contributed by atoms with E-state index in [2.05, 4.69) is 21.3 Å². The van der Waals surface area contributed by atoms with Crippen LogP contribution in [-0.4, -0.2) is 86.6 Å². The fourth-order valence-electron chi connectivity index (χ4n) is 3.64. The molecule has 13 heteroatoms. The number of ether oxygens (including phenoxy) is 3. The van der Waals surface area contributed by atoms with Gasteiger partial charge in [-0.25, -0.2) is 4.79 Å². The number of carbonyl (C=O) groups excluding carboxylic acids is 3. The minimum absolute atomic E-state index is 0.0346. The fourth-order valence-corrected chi connectivity index (χ4v) is 5.19. The van der Waals surface area contributed by atoms with E-state index in [1.54, 1.807) is 0 Å². The van der Waals surface area contributed by atoms with Crippen LogP contribution >= 0.6 is 23.4 Å². The van der Waals surface area contributed by atoms with E-state index in [1.807, 2.05) is 18.2 Å². The predicted molar refractivity (Wildman–Crippen MR) is 138 cm³/mol. The Morgan fingerprint density at radius 1 is 1.14 bits per heavy atom. The lowest BCUT2D eigenvalue weighted by molar-refractivity contribution is -0.121. The average Bonchev–Trinajstić information content (AvgIpc) is 3.24. The molecule has 2 aliphatic rings. The van der Waals surface area contributed by atoms with E-state index < -0.39 is 10.6 Å². The Hall–Kier alpha value is -2.09. The topological polar surface area (TPSA) is 153 Å². The van der Waals surface area contributed by atoms with E-state index >= 15 is 0 Å². The van der Waals surface area contributed by atoms with E-state index in [-0.39, 0.29) is 23.2 Å². The Morgan fingerprint density at radius 3 is 2.61 bits per heavy atom. The Labute approximate surface area is 219 Å². The maximum atomic E-state index is 13.1. The van der Waals surface area contributed by atoms with Gasteiger partial charge in [-0.2, -0.15) is 0 Å². The molecule has 2 aliphatic heterocycles. The summed E-state index contributed by atoms with van der Waals surface area (Å²) in [6.45, 7) is 3.72. The zero-order valence-corrected chi connectivity index (χ0v) is 21.6. The van der Waals surface area contributed by atoms with Crippen LogP contribution in [0.3, 0.4) is 0 Å². The molecule has 4 amide bonds. The van der Waals surface area contributed by atoms with E-state index in [0.29, 0.717) is 72.1 Å². The molecule has 1 aromatic carbocycles. The first kappa shape index (κ1) is 28.5. The molecule has 3 atom stereocenters. The summed E-state index contributed by atoms with van der Waals surface area (Å²) in [7, 11) is 0. The zero-order chi connectivity index (χ0) is 25.8. The summed E-state index contributed by atoms with van der Waals surface area (Å²) in [4.78, 5) is 36.4. The minimum Gasteiger partial charge on any atom is -0.379 e. The number of nitrogens with two attached hydrogens (primary N) is 1. The Kier molecular flexibility index (Phi) is 12.0. The minimum atomic E-state index is -0.488. The summed E-state index contributed by atoms with van der Waals surface area (Å²) in [5, 5.41) is 9.92. The number of hydrogen-bond acceptors (Lipinski definition) is 8. The molecule has 2 unspecified atom stereocenters. The van der Waals surface area contributed by atoms with Gasteiger partial charge < -0.3 is 41.2 Å². The van der Waals surface area contributed by atoms with Crippen molar-refractivity contribution in [2.75, 3.05) is 58.0 Å². The molecule has 0 radical (unpaired) electrons. The molecule has 200 valence electrons. The first-order valence-electron chi connectivity index (χ1n) is 11.9. The average molecular weight is 544 g/mol. The third-order valence-corrected chi connectivity index (χ3v) is 7.53. The highest BCUT2D eigenvalue weighted by molar-refractivity contribution is 8.01. The number of fused-ring (bicyclic) bond motifs is 1. The summed E-state index contributed by atoms with van der Waals surface area (Å²) in [5.41, 5.74) is 7.98. The Bertz CT molecular complexity index is 895. The third-order valence-electron chi connectivity index (χ3n) is 5.45. The van der Waals surface area contributed by atoms with Gasteiger partial charge in [0.2, 0.25) is 11.8 Å². The number of amides is 4. The molecule has 1 fully saturated rings. The van der Waals surface area contributed by atoms with E-state index in [9.17, 15) is 14.4 Å². The third kappa shape index (κ3) is 9.41. The van der Waals surface area contributed by atoms with Crippen LogP contribution in [0, 0.1) is 0 Å². The van der Waals surface area contributed by atoms with Gasteiger partial charge in [0.05, 0.1) is 55.5 Å². The quantitative estimate of drug-likeness (QED) is 0.150. The molecule has 3 rings (SSSR count). The van der Waals surface area contributed by atoms with Crippen LogP contribution in [0.2, 0.25) is 0 Å². The number of alkyl halides is 1. The van der Waals surface area contributed by atoms with Crippen LogP contribution in [0.1, 0.15) is 17.5 Å². The first-order chi connectivity index (χ1) is 17.5. The van der Waals surface area contributed by atoms with Crippen molar-refractivity contribution in [2.24, 2.45) is 5.73 Å². The second-order valence-electron chi connectivity index (χ2n) is 8.26. The van der Waals surface area contributed by atoms with E-state index in [4.69, 9.17) is 31.5 Å². The fraction of sp³-hybridized carbons (Fsp3) is 0.609. The maximum Gasteiger partial charge on any atom is 0.315 e. The van der Waals surface area contributed by atoms with Crippen LogP contribution in [0.15, 0.2) is 18.2 Å². The van der Waals surface area contributed by atoms with Crippen molar-refractivity contribution >= 4 is 46.9 Å². The van der Waals surface area contributed by atoms with Crippen molar-refractivity contribution in [3.8, 4) is 0 Å². The first-order valence-corrected chi connectivity index (χ1v) is 13.3. The van der Waals surface area contributed by atoms with Gasteiger partial charge in [-0.05, 0) is 23.6 Å². The molecule has 6 N–H and O–H groups in total. The van der Waals surface area contributed by atoms with Crippen molar-refractivity contribution in [1.29, 1.82) is 0 Å². The molecule has 0 aliphatic carbocycles. The van der Waals surface area contributed by atoms with Crippen molar-refractivity contribution in [1.82, 2.24) is 16.0 Å². The highest BCUT2D eigenvalue weighted by atomic mass is 35.5. The molecular formula is C23H34ClN5O6S. The highest BCUT2D eigenvalue weighted by Gasteiger charge is 2.32. The standard InChI is InChI=1S/C23H34ClN5O6S/c24-17-14-27-23(32)29-22(17)36-19(3-5-33-7-9-35-10-8-34-6-4-25)21(31)26-13-15-1-2-18-16(11-15)12-20(30)28-18/h1-2,11,17,19,22H,3-10,12-14,25H2,(H,26,31)(H,28,30)(H2,27,29,32)/t17?,19-,22?/m0/s1. The molecule has 11 nitrogen and oxygen atoms in total. The number of thioether (sulfide) groups is 1. The van der Waals surface area contributed by atoms with E-state index in [1.165, 1.54) is 11.8 Å². The number of nitrogens with one attached hydrogen (secondary N) is 4. The van der Waals surface area contributed by atoms with Gasteiger partial charge in [-0.1, -0.05) is 12.1 Å². The second kappa shape index (κ2) is 15.2. The van der Waals surface area contributed by atoms with Gasteiger partial charge in [0, 0.05) is 31.9 Å². The molecule has 36 heavy (non-hydrogen) atoms. The zero-order valence-electron chi connectivity index (χ0n) is 20.1. The van der Waals surface area contributed by atoms with Gasteiger partial charge in [0.25, 0.3) is 0 Å². The molecule has 1 aromatic rings. The van der Waals surface area contributed by atoms with Crippen molar-refractivity contribution in [3.63, 3.8) is 0 Å². The van der Waals surface area contributed by atoms with Gasteiger partial charge in [0.1, 0.15) is 0 Å². The number of carbonyl (C=O) groups is 3. The Balaban J connectivity index is 1.46. The number of urea groups is 1. The predicted octanol–water partition coefficient (Wildman–Crippen LogP) is 0.544. The highest BCUT2D eigenvalue weighted by Crippen LogP contribution is 2.27. The van der Waals surface area contributed by atoms with Crippen LogP contribution in [0.25, 0.3) is 0 Å². The number of benzene rings is 1. The largest absolute Gasteiger partial charge is 0.379 e. The van der Waals surface area contributed by atoms with Gasteiger partial charge in [0.15, 0.2) is 0 Å². The smallest absolute Gasteiger partial charge is 0.315 e. The van der Waals surface area contributed by atoms with Crippen LogP contribution in [0.5, 0.6) is 0 Å². The lowest BCUT2D eigenvalue weighted by Crippen LogP contribution is -2.55. The number of rotatable bonds is 16. The monoisotopic (exact) mass is 543 g/mol. The molecule has 1 saturated heterocycles. The number of hydrogen-bond donors (Lipinski definition) is 5. The Morgan fingerprint density at radius 2 is 1.86 bits per heavy atom. The van der Waals surface area contributed by atoms with Crippen molar-refractivity contribution < 1.29 is 28.6 Å². The molecule has 0 bridgehead atoms. The van der Waals surface area contributed by atoms with Gasteiger partial charge in [-0.15, -0.1) is 23.4 Å². The van der Waals surface area contributed by atoms with Crippen LogP contribution in [-0.2, 0) is 36.8 Å². The lowest BCUT2D eigenvalue weighted by Gasteiger charge is -2.31. The van der Waals surface area contributed by atoms with Crippen LogP contribution in [0.4, 0.5) is 10.5 Å².